The minimum atomic E-state index is 0.0932. The lowest BCUT2D eigenvalue weighted by Gasteiger charge is -2.31. The number of hydrogen-bond acceptors (Lipinski definition) is 3. The second-order valence-corrected chi connectivity index (χ2v) is 7.79. The Morgan fingerprint density at radius 3 is 2.46 bits per heavy atom. The predicted octanol–water partition coefficient (Wildman–Crippen LogP) is 3.53. The van der Waals surface area contributed by atoms with E-state index in [-0.39, 0.29) is 30.4 Å². The van der Waals surface area contributed by atoms with E-state index in [2.05, 4.69) is 5.32 Å². The first-order chi connectivity index (χ1) is 13.3. The second-order valence-electron chi connectivity index (χ2n) is 7.79. The molecule has 2 rings (SSSR count). The van der Waals surface area contributed by atoms with E-state index in [4.69, 9.17) is 4.98 Å². The van der Waals surface area contributed by atoms with Crippen LogP contribution in [-0.4, -0.2) is 44.9 Å². The summed E-state index contributed by atoms with van der Waals surface area (Å²) in [5.41, 5.74) is 1.88. The van der Waals surface area contributed by atoms with Gasteiger partial charge in [0.05, 0.1) is 11.0 Å². The molecular formula is C22H34N4O2. The van der Waals surface area contributed by atoms with E-state index in [1.54, 1.807) is 0 Å². The minimum Gasteiger partial charge on any atom is -0.356 e. The van der Waals surface area contributed by atoms with Crippen molar-refractivity contribution in [2.45, 2.75) is 78.9 Å². The van der Waals surface area contributed by atoms with Crippen LogP contribution in [0.4, 0.5) is 0 Å². The maximum atomic E-state index is 13.0. The molecule has 1 aromatic heterocycles. The zero-order valence-electron chi connectivity index (χ0n) is 17.9. The molecular weight excluding hydrogens is 352 g/mol. The van der Waals surface area contributed by atoms with Crippen LogP contribution in [0.1, 0.15) is 59.7 Å². The quantitative estimate of drug-likeness (QED) is 0.635. The topological polar surface area (TPSA) is 67.2 Å². The number of aryl methyl sites for hydroxylation is 1. The zero-order chi connectivity index (χ0) is 20.7. The molecule has 1 N–H and O–H groups in total. The Morgan fingerprint density at radius 2 is 1.82 bits per heavy atom. The number of rotatable bonds is 10. The van der Waals surface area contributed by atoms with Crippen LogP contribution in [0.2, 0.25) is 0 Å². The van der Waals surface area contributed by atoms with Gasteiger partial charge >= 0.3 is 0 Å². The summed E-state index contributed by atoms with van der Waals surface area (Å²) in [5.74, 6) is 1.09. The predicted molar refractivity (Wildman–Crippen MR) is 113 cm³/mol. The summed E-state index contributed by atoms with van der Waals surface area (Å²) in [7, 11) is 0. The zero-order valence-corrected chi connectivity index (χ0v) is 17.9. The van der Waals surface area contributed by atoms with Gasteiger partial charge in [0, 0.05) is 31.5 Å². The van der Waals surface area contributed by atoms with Crippen molar-refractivity contribution in [1.82, 2.24) is 19.8 Å². The van der Waals surface area contributed by atoms with E-state index in [1.165, 1.54) is 0 Å². The van der Waals surface area contributed by atoms with Gasteiger partial charge in [0.1, 0.15) is 12.4 Å². The molecule has 28 heavy (non-hydrogen) atoms. The van der Waals surface area contributed by atoms with Crippen LogP contribution in [0, 0.1) is 0 Å². The third kappa shape index (κ3) is 5.57. The summed E-state index contributed by atoms with van der Waals surface area (Å²) < 4.78 is 2.03. The van der Waals surface area contributed by atoms with Gasteiger partial charge in [-0.1, -0.05) is 19.1 Å². The van der Waals surface area contributed by atoms with Crippen LogP contribution in [0.5, 0.6) is 0 Å². The number of para-hydroxylation sites is 2. The highest BCUT2D eigenvalue weighted by Gasteiger charge is 2.22. The summed E-state index contributed by atoms with van der Waals surface area (Å²) in [6.45, 7) is 11.1. The lowest BCUT2D eigenvalue weighted by Crippen LogP contribution is -2.43. The molecule has 0 spiro atoms. The third-order valence-electron chi connectivity index (χ3n) is 4.80. The number of benzene rings is 1. The molecule has 6 nitrogen and oxygen atoms in total. The summed E-state index contributed by atoms with van der Waals surface area (Å²) in [6, 6.07) is 8.23. The fourth-order valence-corrected chi connectivity index (χ4v) is 3.67. The lowest BCUT2D eigenvalue weighted by molar-refractivity contribution is -0.135. The number of fused-ring (bicyclic) bond motifs is 1. The SMILES string of the molecule is CCCC(=O)NCCCc1nc2ccccc2n1CC(=O)N(C(C)C)C(C)C. The van der Waals surface area contributed by atoms with Gasteiger partial charge in [0.25, 0.3) is 0 Å². The number of nitrogens with one attached hydrogen (secondary N) is 1. The van der Waals surface area contributed by atoms with E-state index in [9.17, 15) is 9.59 Å². The van der Waals surface area contributed by atoms with Gasteiger partial charge in [-0.25, -0.2) is 4.98 Å². The Kier molecular flexibility index (Phi) is 8.03. The second kappa shape index (κ2) is 10.2. The summed E-state index contributed by atoms with van der Waals surface area (Å²) in [5, 5.41) is 2.94. The van der Waals surface area contributed by atoms with Crippen molar-refractivity contribution in [3.8, 4) is 0 Å². The van der Waals surface area contributed by atoms with Gasteiger partial charge in [0.15, 0.2) is 0 Å². The van der Waals surface area contributed by atoms with Gasteiger partial charge in [-0.15, -0.1) is 0 Å². The Bertz CT molecular complexity index is 787. The van der Waals surface area contributed by atoms with Crippen molar-refractivity contribution in [1.29, 1.82) is 0 Å². The van der Waals surface area contributed by atoms with Gasteiger partial charge in [-0.3, -0.25) is 9.59 Å². The highest BCUT2D eigenvalue weighted by molar-refractivity contribution is 5.81. The molecule has 2 aromatic rings. The van der Waals surface area contributed by atoms with E-state index in [0.717, 1.165) is 36.1 Å². The van der Waals surface area contributed by atoms with Crippen molar-refractivity contribution < 1.29 is 9.59 Å². The van der Waals surface area contributed by atoms with Gasteiger partial charge in [0.2, 0.25) is 11.8 Å². The number of nitrogens with zero attached hydrogens (tertiary/aromatic N) is 3. The van der Waals surface area contributed by atoms with Crippen LogP contribution in [0.15, 0.2) is 24.3 Å². The highest BCUT2D eigenvalue weighted by Crippen LogP contribution is 2.18. The van der Waals surface area contributed by atoms with Gasteiger partial charge in [-0.2, -0.15) is 0 Å². The van der Waals surface area contributed by atoms with E-state index in [0.29, 0.717) is 13.0 Å². The number of carbonyl (C=O) groups excluding carboxylic acids is 2. The van der Waals surface area contributed by atoms with Crippen molar-refractivity contribution in [2.75, 3.05) is 6.54 Å². The van der Waals surface area contributed by atoms with E-state index >= 15 is 0 Å². The Balaban J connectivity index is 2.16. The Labute approximate surface area is 168 Å². The van der Waals surface area contributed by atoms with Crippen LogP contribution in [0.3, 0.4) is 0 Å². The monoisotopic (exact) mass is 386 g/mol. The first kappa shape index (κ1) is 21.9. The maximum Gasteiger partial charge on any atom is 0.243 e. The number of amides is 2. The molecule has 6 heteroatoms. The van der Waals surface area contributed by atoms with Crippen LogP contribution < -0.4 is 5.32 Å². The van der Waals surface area contributed by atoms with Gasteiger partial charge < -0.3 is 14.8 Å². The van der Waals surface area contributed by atoms with Crippen molar-refractivity contribution in [2.24, 2.45) is 0 Å². The van der Waals surface area contributed by atoms with Crippen LogP contribution in [0.25, 0.3) is 11.0 Å². The molecule has 0 aliphatic rings. The fraction of sp³-hybridized carbons (Fsp3) is 0.591. The van der Waals surface area contributed by atoms with Crippen molar-refractivity contribution in [3.63, 3.8) is 0 Å². The number of hydrogen-bond donors (Lipinski definition) is 1. The number of carbonyl (C=O) groups is 2. The van der Waals surface area contributed by atoms with Gasteiger partial charge in [-0.05, 0) is 52.7 Å². The highest BCUT2D eigenvalue weighted by atomic mass is 16.2. The summed E-state index contributed by atoms with van der Waals surface area (Å²) >= 11 is 0. The maximum absolute atomic E-state index is 13.0. The molecule has 1 heterocycles. The molecule has 0 unspecified atom stereocenters. The first-order valence-electron chi connectivity index (χ1n) is 10.4. The molecule has 0 bridgehead atoms. The van der Waals surface area contributed by atoms with Crippen LogP contribution >= 0.6 is 0 Å². The lowest BCUT2D eigenvalue weighted by atomic mass is 10.2. The Morgan fingerprint density at radius 1 is 1.14 bits per heavy atom. The Hall–Kier alpha value is -2.37. The molecule has 1 aromatic carbocycles. The largest absolute Gasteiger partial charge is 0.356 e. The molecule has 0 aliphatic carbocycles. The van der Waals surface area contributed by atoms with E-state index in [1.807, 2.05) is 68.4 Å². The molecule has 0 fully saturated rings. The number of aromatic nitrogens is 2. The molecule has 0 saturated heterocycles. The number of imidazole rings is 1. The first-order valence-corrected chi connectivity index (χ1v) is 10.4. The standard InChI is InChI=1S/C22H34N4O2/c1-6-10-21(27)23-14-9-13-20-24-18-11-7-8-12-19(18)25(20)15-22(28)26(16(2)3)17(4)5/h7-8,11-12,16-17H,6,9-10,13-15H2,1-5H3,(H,23,27). The van der Waals surface area contributed by atoms with Crippen molar-refractivity contribution >= 4 is 22.8 Å². The molecule has 0 atom stereocenters. The summed E-state index contributed by atoms with van der Waals surface area (Å²) in [4.78, 5) is 31.3. The molecule has 2 amide bonds. The van der Waals surface area contributed by atoms with Crippen molar-refractivity contribution in [3.05, 3.63) is 30.1 Å². The normalized spacial score (nSPS) is 11.4. The fourth-order valence-electron chi connectivity index (χ4n) is 3.67. The third-order valence-corrected chi connectivity index (χ3v) is 4.80. The molecule has 0 radical (unpaired) electrons. The smallest absolute Gasteiger partial charge is 0.243 e. The van der Waals surface area contributed by atoms with E-state index < -0.39 is 0 Å². The molecule has 154 valence electrons. The van der Waals surface area contributed by atoms with Crippen LogP contribution in [-0.2, 0) is 22.6 Å². The molecule has 0 aliphatic heterocycles. The minimum absolute atomic E-state index is 0.0932. The average Bonchev–Trinajstić information content (AvgIpc) is 2.96. The molecule has 0 saturated carbocycles. The average molecular weight is 387 g/mol. The summed E-state index contributed by atoms with van der Waals surface area (Å²) in [6.07, 6.45) is 2.93.